The minimum absolute atomic E-state index is 0.0554. The maximum atomic E-state index is 10.7. The summed E-state index contributed by atoms with van der Waals surface area (Å²) in [5, 5.41) is 29.6. The van der Waals surface area contributed by atoms with Gasteiger partial charge in [-0.3, -0.25) is 4.79 Å². The van der Waals surface area contributed by atoms with Crippen LogP contribution in [0.2, 0.25) is 0 Å². The predicted molar refractivity (Wildman–Crippen MR) is 149 cm³/mol. The molecular formula is C32H44O5. The highest BCUT2D eigenvalue weighted by Crippen LogP contribution is 2.41. The Morgan fingerprint density at radius 3 is 2.24 bits per heavy atom. The lowest BCUT2D eigenvalue weighted by Gasteiger charge is -2.34. The number of benzene rings is 2. The second-order valence-electron chi connectivity index (χ2n) is 10.7. The van der Waals surface area contributed by atoms with Crippen LogP contribution in [0.4, 0.5) is 0 Å². The number of aliphatic hydroxyl groups excluding tert-OH is 1. The molecule has 1 atom stereocenters. The third-order valence-electron chi connectivity index (χ3n) is 8.16. The van der Waals surface area contributed by atoms with Crippen LogP contribution in [-0.4, -0.2) is 39.6 Å². The van der Waals surface area contributed by atoms with Gasteiger partial charge >= 0.3 is 5.97 Å². The Hall–Kier alpha value is -2.63. The minimum Gasteiger partial charge on any atom is -0.491 e. The van der Waals surface area contributed by atoms with Crippen molar-refractivity contribution in [2.45, 2.75) is 103 Å². The number of aryl methyl sites for hydroxylation is 2. The van der Waals surface area contributed by atoms with Gasteiger partial charge in [-0.2, -0.15) is 0 Å². The second kappa shape index (κ2) is 12.7. The SMILES string of the molecule is CCC(CC)(c1ccc(C=CC2(O)CCCC2)c(C)c1)c1ccc(OCC(O)CCCC(=O)O)c(C)c1. The first-order chi connectivity index (χ1) is 17.6. The Morgan fingerprint density at radius 2 is 1.68 bits per heavy atom. The zero-order valence-corrected chi connectivity index (χ0v) is 22.9. The van der Waals surface area contributed by atoms with Crippen molar-refractivity contribution in [3.8, 4) is 5.75 Å². The van der Waals surface area contributed by atoms with E-state index in [0.717, 1.165) is 55.4 Å². The largest absolute Gasteiger partial charge is 0.491 e. The van der Waals surface area contributed by atoms with Gasteiger partial charge in [0.1, 0.15) is 12.4 Å². The molecule has 1 unspecified atom stereocenters. The molecule has 2 aromatic carbocycles. The van der Waals surface area contributed by atoms with E-state index in [1.165, 1.54) is 16.7 Å². The van der Waals surface area contributed by atoms with Crippen LogP contribution in [-0.2, 0) is 10.2 Å². The number of ether oxygens (including phenoxy) is 1. The summed E-state index contributed by atoms with van der Waals surface area (Å²) in [4.78, 5) is 10.7. The molecule has 0 aromatic heterocycles. The molecule has 1 aliphatic carbocycles. The zero-order valence-electron chi connectivity index (χ0n) is 22.9. The summed E-state index contributed by atoms with van der Waals surface area (Å²) in [5.74, 6) is -0.109. The molecule has 0 bridgehead atoms. The number of hydrogen-bond donors (Lipinski definition) is 3. The number of carboxylic acids is 1. The Morgan fingerprint density at radius 1 is 1.05 bits per heavy atom. The summed E-state index contributed by atoms with van der Waals surface area (Å²) in [6.07, 6.45) is 10.1. The van der Waals surface area contributed by atoms with Gasteiger partial charge in [-0.15, -0.1) is 0 Å². The van der Waals surface area contributed by atoms with Crippen molar-refractivity contribution >= 4 is 12.0 Å². The quantitative estimate of drug-likeness (QED) is 0.279. The molecule has 3 rings (SSSR count). The lowest BCUT2D eigenvalue weighted by Crippen LogP contribution is -2.26. The third kappa shape index (κ3) is 7.24. The number of hydrogen-bond acceptors (Lipinski definition) is 4. The number of aliphatic carboxylic acids is 1. The number of aliphatic hydroxyl groups is 2. The van der Waals surface area contributed by atoms with Crippen molar-refractivity contribution in [1.82, 2.24) is 0 Å². The van der Waals surface area contributed by atoms with Crippen molar-refractivity contribution in [3.63, 3.8) is 0 Å². The molecule has 0 saturated heterocycles. The number of rotatable bonds is 13. The van der Waals surface area contributed by atoms with Gasteiger partial charge < -0.3 is 20.1 Å². The molecule has 3 N–H and O–H groups in total. The summed E-state index contributed by atoms with van der Waals surface area (Å²) in [7, 11) is 0. The first-order valence-electron chi connectivity index (χ1n) is 13.8. The molecule has 0 spiro atoms. The third-order valence-corrected chi connectivity index (χ3v) is 8.16. The van der Waals surface area contributed by atoms with Crippen LogP contribution in [0.5, 0.6) is 5.75 Å². The Labute approximate surface area is 222 Å². The fourth-order valence-corrected chi connectivity index (χ4v) is 5.66. The molecule has 5 heteroatoms. The van der Waals surface area contributed by atoms with Crippen molar-refractivity contribution in [1.29, 1.82) is 0 Å². The standard InChI is InChI=1S/C32H44O5/c1-5-32(6-2,26-13-12-25(23(3)20-26)16-19-31(36)17-7-8-18-31)27-14-15-29(24(4)21-27)37-22-28(33)10-9-11-30(34)35/h12-16,19-21,28,33,36H,5-11,17-18,22H2,1-4H3,(H,34,35). The first kappa shape index (κ1) is 28.9. The molecule has 0 amide bonds. The average Bonchev–Trinajstić information content (AvgIpc) is 3.30. The highest BCUT2D eigenvalue weighted by Gasteiger charge is 2.32. The van der Waals surface area contributed by atoms with Crippen molar-refractivity contribution < 1.29 is 24.9 Å². The molecule has 202 valence electrons. The van der Waals surface area contributed by atoms with Crippen LogP contribution in [0, 0.1) is 13.8 Å². The molecule has 2 aromatic rings. The predicted octanol–water partition coefficient (Wildman–Crippen LogP) is 6.72. The lowest BCUT2D eigenvalue weighted by atomic mass is 9.70. The molecule has 1 fully saturated rings. The van der Waals surface area contributed by atoms with E-state index in [2.05, 4.69) is 57.2 Å². The fourth-order valence-electron chi connectivity index (χ4n) is 5.66. The van der Waals surface area contributed by atoms with Crippen molar-refractivity contribution in [3.05, 3.63) is 70.3 Å². The normalized spacial score (nSPS) is 16.3. The van der Waals surface area contributed by atoms with Gasteiger partial charge in [0.2, 0.25) is 0 Å². The number of carbonyl (C=O) groups is 1. The van der Waals surface area contributed by atoms with Crippen LogP contribution in [0.25, 0.3) is 6.08 Å². The smallest absolute Gasteiger partial charge is 0.303 e. The van der Waals surface area contributed by atoms with E-state index < -0.39 is 17.7 Å². The molecule has 1 saturated carbocycles. The molecular weight excluding hydrogens is 464 g/mol. The summed E-state index contributed by atoms with van der Waals surface area (Å²) in [5.41, 5.74) is 5.11. The van der Waals surface area contributed by atoms with E-state index in [1.54, 1.807) is 0 Å². The molecule has 37 heavy (non-hydrogen) atoms. The molecule has 0 heterocycles. The highest BCUT2D eigenvalue weighted by molar-refractivity contribution is 5.66. The second-order valence-corrected chi connectivity index (χ2v) is 10.7. The van der Waals surface area contributed by atoms with Crippen molar-refractivity contribution in [2.75, 3.05) is 6.61 Å². The monoisotopic (exact) mass is 508 g/mol. The van der Waals surface area contributed by atoms with E-state index in [9.17, 15) is 15.0 Å². The summed E-state index contributed by atoms with van der Waals surface area (Å²) in [6.45, 7) is 8.78. The van der Waals surface area contributed by atoms with Gasteiger partial charge in [0, 0.05) is 11.8 Å². The average molecular weight is 509 g/mol. The van der Waals surface area contributed by atoms with Crippen molar-refractivity contribution in [2.24, 2.45) is 0 Å². The first-order valence-corrected chi connectivity index (χ1v) is 13.8. The fraction of sp³-hybridized carbons (Fsp3) is 0.531. The van der Waals surface area contributed by atoms with Gasteiger partial charge in [-0.1, -0.05) is 69.2 Å². The molecule has 0 radical (unpaired) electrons. The Bertz CT molecular complexity index is 1080. The zero-order chi connectivity index (χ0) is 27.1. The summed E-state index contributed by atoms with van der Waals surface area (Å²) in [6, 6.07) is 13.0. The van der Waals surface area contributed by atoms with Gasteiger partial charge in [-0.05, 0) is 86.3 Å². The van der Waals surface area contributed by atoms with Crippen LogP contribution < -0.4 is 4.74 Å². The summed E-state index contributed by atoms with van der Waals surface area (Å²) < 4.78 is 5.88. The van der Waals surface area contributed by atoms with Crippen LogP contribution in [0.1, 0.15) is 99.5 Å². The van der Waals surface area contributed by atoms with E-state index in [-0.39, 0.29) is 18.4 Å². The highest BCUT2D eigenvalue weighted by atomic mass is 16.5. The van der Waals surface area contributed by atoms with E-state index >= 15 is 0 Å². The Balaban J connectivity index is 1.77. The topological polar surface area (TPSA) is 87.0 Å². The number of carboxylic acid groups (broad SMARTS) is 1. The molecule has 0 aliphatic heterocycles. The van der Waals surface area contributed by atoms with E-state index in [0.29, 0.717) is 12.8 Å². The summed E-state index contributed by atoms with van der Waals surface area (Å²) >= 11 is 0. The van der Waals surface area contributed by atoms with Gasteiger partial charge in [-0.25, -0.2) is 0 Å². The van der Waals surface area contributed by atoms with E-state index in [4.69, 9.17) is 9.84 Å². The van der Waals surface area contributed by atoms with Gasteiger partial charge in [0.05, 0.1) is 11.7 Å². The van der Waals surface area contributed by atoms with Gasteiger partial charge in [0.25, 0.3) is 0 Å². The molecule has 1 aliphatic rings. The van der Waals surface area contributed by atoms with Crippen LogP contribution in [0.15, 0.2) is 42.5 Å². The minimum atomic E-state index is -0.848. The maximum absolute atomic E-state index is 10.7. The van der Waals surface area contributed by atoms with Crippen LogP contribution in [0.3, 0.4) is 0 Å². The molecule has 5 nitrogen and oxygen atoms in total. The van der Waals surface area contributed by atoms with Gasteiger partial charge in [0.15, 0.2) is 0 Å². The van der Waals surface area contributed by atoms with Crippen LogP contribution >= 0.6 is 0 Å². The van der Waals surface area contributed by atoms with E-state index in [1.807, 2.05) is 19.1 Å². The maximum Gasteiger partial charge on any atom is 0.303 e. The lowest BCUT2D eigenvalue weighted by molar-refractivity contribution is -0.137. The Kier molecular flexibility index (Phi) is 9.97.